The van der Waals surface area contributed by atoms with Gasteiger partial charge in [0.2, 0.25) is 0 Å². The van der Waals surface area contributed by atoms with E-state index in [1.165, 1.54) is 89.6 Å². The second-order valence-corrected chi connectivity index (χ2v) is 6.67. The zero-order chi connectivity index (χ0) is 15.6. The lowest BCUT2D eigenvalue weighted by molar-refractivity contribution is 0.198. The minimum atomic E-state index is 1.00. The highest BCUT2D eigenvalue weighted by Crippen LogP contribution is 2.18. The molecule has 0 N–H and O–H groups in total. The number of hydrogen-bond donors (Lipinski definition) is 0. The molecule has 1 fully saturated rings. The Morgan fingerprint density at radius 1 is 0.619 bits per heavy atom. The van der Waals surface area contributed by atoms with Crippen LogP contribution in [0.5, 0.6) is 0 Å². The summed E-state index contributed by atoms with van der Waals surface area (Å²) >= 11 is 0. The van der Waals surface area contributed by atoms with Crippen molar-refractivity contribution in [3.05, 3.63) is 0 Å². The Bertz CT molecular complexity index is 149. The van der Waals surface area contributed by atoms with Gasteiger partial charge in [0.05, 0.1) is 0 Å². The van der Waals surface area contributed by atoms with Crippen LogP contribution in [0.15, 0.2) is 0 Å². The zero-order valence-corrected chi connectivity index (χ0v) is 15.3. The Labute approximate surface area is 135 Å². The molecule has 0 saturated carbocycles. The summed E-state index contributed by atoms with van der Waals surface area (Å²) in [4.78, 5) is 0. The fraction of sp³-hybridized carbons (Fsp3) is 1.00. The number of rotatable bonds is 12. The van der Waals surface area contributed by atoms with Crippen molar-refractivity contribution in [3.63, 3.8) is 0 Å². The molecular weight excluding hydrogens is 255 g/mol. The van der Waals surface area contributed by atoms with Gasteiger partial charge in [0.15, 0.2) is 0 Å². The fourth-order valence-corrected chi connectivity index (χ4v) is 2.99. The first-order chi connectivity index (χ1) is 10.3. The summed E-state index contributed by atoms with van der Waals surface area (Å²) < 4.78 is 4.94. The average molecular weight is 296 g/mol. The summed E-state index contributed by atoms with van der Waals surface area (Å²) in [6.07, 6.45) is 19.9. The van der Waals surface area contributed by atoms with Crippen molar-refractivity contribution in [1.29, 1.82) is 0 Å². The maximum Gasteiger partial charge on any atom is 0.139 e. The Morgan fingerprint density at radius 3 is 1.24 bits per heavy atom. The van der Waals surface area contributed by atoms with E-state index >= 15 is 0 Å². The molecule has 0 unspecified atom stereocenters. The van der Waals surface area contributed by atoms with Gasteiger partial charge in [-0.25, -0.2) is 0 Å². The van der Waals surface area contributed by atoms with Crippen LogP contribution in [0.2, 0.25) is 19.0 Å². The summed E-state index contributed by atoms with van der Waals surface area (Å²) in [7, 11) is 0. The minimum Gasteiger partial charge on any atom is -0.381 e. The molecule has 0 atom stereocenters. The molecule has 1 saturated heterocycles. The number of unbranched alkanes of at least 4 members (excludes halogenated alkanes) is 6. The Balaban J connectivity index is 0.000000662. The van der Waals surface area contributed by atoms with Crippen LogP contribution in [0.25, 0.3) is 0 Å². The largest absolute Gasteiger partial charge is 0.381 e. The molecule has 0 aromatic carbocycles. The van der Waals surface area contributed by atoms with Gasteiger partial charge in [0, 0.05) is 13.2 Å². The smallest absolute Gasteiger partial charge is 0.139 e. The van der Waals surface area contributed by atoms with E-state index in [1.807, 2.05) is 0 Å². The van der Waals surface area contributed by atoms with Crippen LogP contribution in [0.1, 0.15) is 91.4 Å². The van der Waals surface area contributed by atoms with Crippen molar-refractivity contribution in [2.75, 3.05) is 13.2 Å². The standard InChI is InChI=1S/C15H33B.C4H8O/c1-4-7-10-13-16(14-11-8-5-2)15-12-9-6-3;1-2-4-5-3-1/h4-15H2,1-3H3;1-4H2. The highest BCUT2D eigenvalue weighted by atomic mass is 16.5. The third-order valence-electron chi connectivity index (χ3n) is 4.48. The fourth-order valence-electron chi connectivity index (χ4n) is 2.99. The first kappa shape index (κ1) is 21.0. The molecule has 0 aromatic rings. The van der Waals surface area contributed by atoms with Crippen molar-refractivity contribution < 1.29 is 4.74 Å². The van der Waals surface area contributed by atoms with Crippen molar-refractivity contribution in [2.45, 2.75) is 110 Å². The maximum atomic E-state index is 4.94. The minimum absolute atomic E-state index is 1.00. The van der Waals surface area contributed by atoms with E-state index in [-0.39, 0.29) is 0 Å². The predicted molar refractivity (Wildman–Crippen MR) is 98.8 cm³/mol. The molecule has 0 aromatic heterocycles. The van der Waals surface area contributed by atoms with E-state index in [9.17, 15) is 0 Å². The normalized spacial score (nSPS) is 13.9. The molecule has 1 aliphatic heterocycles. The Kier molecular flexibility index (Phi) is 18.1. The van der Waals surface area contributed by atoms with Crippen LogP contribution >= 0.6 is 0 Å². The average Bonchev–Trinajstić information content (AvgIpc) is 3.07. The van der Waals surface area contributed by atoms with Gasteiger partial charge in [-0.1, -0.05) is 97.5 Å². The molecule has 1 aliphatic rings. The summed E-state index contributed by atoms with van der Waals surface area (Å²) in [6.45, 7) is 9.97. The van der Waals surface area contributed by atoms with Gasteiger partial charge in [-0.3, -0.25) is 0 Å². The van der Waals surface area contributed by atoms with Crippen LogP contribution in [-0.4, -0.2) is 19.9 Å². The summed E-state index contributed by atoms with van der Waals surface area (Å²) in [5, 5.41) is 0. The molecule has 1 rings (SSSR count). The molecule has 126 valence electrons. The van der Waals surface area contributed by atoms with Gasteiger partial charge >= 0.3 is 0 Å². The molecular formula is C19H41BO. The second kappa shape index (κ2) is 18.1. The van der Waals surface area contributed by atoms with Gasteiger partial charge in [0.1, 0.15) is 6.71 Å². The lowest BCUT2D eigenvalue weighted by Crippen LogP contribution is -2.11. The molecule has 21 heavy (non-hydrogen) atoms. The van der Waals surface area contributed by atoms with Crippen molar-refractivity contribution in [1.82, 2.24) is 0 Å². The van der Waals surface area contributed by atoms with Gasteiger partial charge in [-0.05, 0) is 12.8 Å². The van der Waals surface area contributed by atoms with Crippen LogP contribution in [0.3, 0.4) is 0 Å². The number of hydrogen-bond acceptors (Lipinski definition) is 1. The first-order valence-corrected chi connectivity index (χ1v) is 9.92. The van der Waals surface area contributed by atoms with Crippen LogP contribution in [0, 0.1) is 0 Å². The van der Waals surface area contributed by atoms with Crippen LogP contribution < -0.4 is 0 Å². The van der Waals surface area contributed by atoms with E-state index < -0.39 is 0 Å². The molecule has 1 heterocycles. The van der Waals surface area contributed by atoms with E-state index in [0.29, 0.717) is 0 Å². The molecule has 0 amide bonds. The summed E-state index contributed by atoms with van der Waals surface area (Å²) in [6, 6.07) is 0. The molecule has 0 aliphatic carbocycles. The first-order valence-electron chi connectivity index (χ1n) is 9.92. The lowest BCUT2D eigenvalue weighted by atomic mass is 9.41. The van der Waals surface area contributed by atoms with E-state index in [0.717, 1.165) is 19.9 Å². The lowest BCUT2D eigenvalue weighted by Gasteiger charge is -2.13. The van der Waals surface area contributed by atoms with Gasteiger partial charge in [-0.15, -0.1) is 0 Å². The molecule has 1 nitrogen and oxygen atoms in total. The van der Waals surface area contributed by atoms with Crippen LogP contribution in [0.4, 0.5) is 0 Å². The molecule has 0 radical (unpaired) electrons. The van der Waals surface area contributed by atoms with Crippen molar-refractivity contribution >= 4 is 6.71 Å². The van der Waals surface area contributed by atoms with Crippen molar-refractivity contribution in [2.24, 2.45) is 0 Å². The summed E-state index contributed by atoms with van der Waals surface area (Å²) in [5.74, 6) is 0. The Hall–Kier alpha value is 0.0249. The van der Waals surface area contributed by atoms with Gasteiger partial charge in [0.25, 0.3) is 0 Å². The van der Waals surface area contributed by atoms with E-state index in [1.54, 1.807) is 0 Å². The SMILES string of the molecule is C1CCOC1.CCCCCB(CCCCC)CCCCC. The highest BCUT2D eigenvalue weighted by molar-refractivity contribution is 6.58. The third-order valence-corrected chi connectivity index (χ3v) is 4.48. The van der Waals surface area contributed by atoms with Crippen molar-refractivity contribution in [3.8, 4) is 0 Å². The summed E-state index contributed by atoms with van der Waals surface area (Å²) in [5.41, 5.74) is 0. The van der Waals surface area contributed by atoms with Gasteiger partial charge < -0.3 is 4.74 Å². The van der Waals surface area contributed by atoms with E-state index in [2.05, 4.69) is 20.8 Å². The van der Waals surface area contributed by atoms with Gasteiger partial charge in [-0.2, -0.15) is 0 Å². The zero-order valence-electron chi connectivity index (χ0n) is 15.3. The topological polar surface area (TPSA) is 9.23 Å². The predicted octanol–water partition coefficient (Wildman–Crippen LogP) is 6.85. The Morgan fingerprint density at radius 2 is 1.00 bits per heavy atom. The molecule has 0 spiro atoms. The quantitative estimate of drug-likeness (QED) is 0.283. The second-order valence-electron chi connectivity index (χ2n) is 6.67. The molecule has 2 heteroatoms. The molecule has 0 bridgehead atoms. The third kappa shape index (κ3) is 16.2. The van der Waals surface area contributed by atoms with E-state index in [4.69, 9.17) is 4.74 Å². The highest BCUT2D eigenvalue weighted by Gasteiger charge is 2.11. The monoisotopic (exact) mass is 296 g/mol. The van der Waals surface area contributed by atoms with Crippen LogP contribution in [-0.2, 0) is 4.74 Å². The maximum absolute atomic E-state index is 4.94. The number of ether oxygens (including phenoxy) is 1.